The molecule has 0 aromatic carbocycles. The van der Waals surface area contributed by atoms with Crippen LogP contribution < -0.4 is 0 Å². The van der Waals surface area contributed by atoms with Crippen LogP contribution in [0.25, 0.3) is 0 Å². The maximum absolute atomic E-state index is 4.11. The molecule has 1 heteroatoms. The summed E-state index contributed by atoms with van der Waals surface area (Å²) in [5.41, 5.74) is 2.34. The Morgan fingerprint density at radius 1 is 1.21 bits per heavy atom. The van der Waals surface area contributed by atoms with Gasteiger partial charge in [0.05, 0.1) is 0 Å². The van der Waals surface area contributed by atoms with Crippen LogP contribution in [-0.2, 0) is 0 Å². The molecular formula is C13H25N. The molecule has 0 saturated carbocycles. The van der Waals surface area contributed by atoms with Gasteiger partial charge in [-0.25, -0.2) is 0 Å². The molecule has 1 nitrogen and oxygen atoms in total. The lowest BCUT2D eigenvalue weighted by Crippen LogP contribution is -2.43. The van der Waals surface area contributed by atoms with Crippen LogP contribution in [0.1, 0.15) is 47.5 Å². The van der Waals surface area contributed by atoms with Gasteiger partial charge in [-0.05, 0) is 39.2 Å². The van der Waals surface area contributed by atoms with Crippen LogP contribution in [-0.4, -0.2) is 17.0 Å². The second-order valence-electron chi connectivity index (χ2n) is 4.54. The van der Waals surface area contributed by atoms with E-state index in [1.807, 2.05) is 6.92 Å². The predicted molar refractivity (Wildman–Crippen MR) is 65.3 cm³/mol. The van der Waals surface area contributed by atoms with Gasteiger partial charge in [-0.1, -0.05) is 27.0 Å². The molecule has 14 heavy (non-hydrogen) atoms. The van der Waals surface area contributed by atoms with Crippen LogP contribution in [0.5, 0.6) is 0 Å². The van der Waals surface area contributed by atoms with Gasteiger partial charge in [0.1, 0.15) is 0 Å². The average Bonchev–Trinajstić information content (AvgIpc) is 2.12. The van der Waals surface area contributed by atoms with Gasteiger partial charge in [-0.3, -0.25) is 0 Å². The molecule has 0 bridgehead atoms. The molecule has 0 aromatic rings. The van der Waals surface area contributed by atoms with Crippen LogP contribution in [0.15, 0.2) is 24.4 Å². The average molecular weight is 195 g/mol. The van der Waals surface area contributed by atoms with Crippen molar-refractivity contribution >= 4 is 0 Å². The highest BCUT2D eigenvalue weighted by molar-refractivity contribution is 5.23. The molecule has 0 spiro atoms. The molecule has 82 valence electrons. The molecule has 0 aliphatic carbocycles. The first-order valence-electron chi connectivity index (χ1n) is 5.49. The minimum Gasteiger partial charge on any atom is -0.367 e. The summed E-state index contributed by atoms with van der Waals surface area (Å²) < 4.78 is 0. The predicted octanol–water partition coefficient (Wildman–Crippen LogP) is 3.98. The normalized spacial score (nSPS) is 11.2. The van der Waals surface area contributed by atoms with Crippen molar-refractivity contribution in [2.45, 2.75) is 53.0 Å². The zero-order valence-electron chi connectivity index (χ0n) is 10.5. The summed E-state index contributed by atoms with van der Waals surface area (Å²) in [4.78, 5) is 2.37. The molecule has 0 fully saturated rings. The molecular weight excluding hydrogens is 170 g/mol. The van der Waals surface area contributed by atoms with E-state index in [1.54, 1.807) is 0 Å². The Morgan fingerprint density at radius 2 is 1.71 bits per heavy atom. The lowest BCUT2D eigenvalue weighted by atomic mass is 9.97. The monoisotopic (exact) mass is 195 g/mol. The standard InChI is InChI=1S/C13H25N/c1-8-10-14(12(5)11(3)4)13(6,7)9-2/h3,5,8-10H2,1-2,4,6-7H3. The molecule has 0 radical (unpaired) electrons. The molecule has 0 heterocycles. The van der Waals surface area contributed by atoms with Gasteiger partial charge in [0, 0.05) is 17.8 Å². The van der Waals surface area contributed by atoms with Gasteiger partial charge in [-0.2, -0.15) is 0 Å². The van der Waals surface area contributed by atoms with E-state index in [2.05, 4.69) is 45.8 Å². The molecule has 0 aliphatic rings. The highest BCUT2D eigenvalue weighted by atomic mass is 15.2. The Labute approximate surface area is 89.5 Å². The summed E-state index contributed by atoms with van der Waals surface area (Å²) in [5.74, 6) is 0. The van der Waals surface area contributed by atoms with E-state index in [0.717, 1.165) is 30.7 Å². The lowest BCUT2D eigenvalue weighted by molar-refractivity contribution is 0.164. The molecule has 0 atom stereocenters. The summed E-state index contributed by atoms with van der Waals surface area (Å²) in [5, 5.41) is 0. The molecule has 0 saturated heterocycles. The Bertz CT molecular complexity index is 213. The molecule has 0 aromatic heterocycles. The maximum Gasteiger partial charge on any atom is 0.0343 e. The third-order valence-corrected chi connectivity index (χ3v) is 2.86. The molecule has 0 amide bonds. The summed E-state index contributed by atoms with van der Waals surface area (Å²) in [6.45, 7) is 20.1. The number of allylic oxidation sites excluding steroid dienone is 1. The Kier molecular flexibility index (Phi) is 4.96. The van der Waals surface area contributed by atoms with E-state index in [9.17, 15) is 0 Å². The minimum absolute atomic E-state index is 0.187. The first-order valence-corrected chi connectivity index (χ1v) is 5.49. The van der Waals surface area contributed by atoms with E-state index in [-0.39, 0.29) is 5.54 Å². The fourth-order valence-corrected chi connectivity index (χ4v) is 1.45. The zero-order chi connectivity index (χ0) is 11.4. The fourth-order valence-electron chi connectivity index (χ4n) is 1.45. The lowest BCUT2D eigenvalue weighted by Gasteiger charge is -2.41. The van der Waals surface area contributed by atoms with E-state index < -0.39 is 0 Å². The second kappa shape index (κ2) is 5.23. The maximum atomic E-state index is 4.11. The quantitative estimate of drug-likeness (QED) is 0.579. The number of hydrogen-bond donors (Lipinski definition) is 0. The summed E-state index contributed by atoms with van der Waals surface area (Å²) in [6, 6.07) is 0. The topological polar surface area (TPSA) is 3.24 Å². The van der Waals surface area contributed by atoms with Gasteiger partial charge >= 0.3 is 0 Å². The fraction of sp³-hybridized carbons (Fsp3) is 0.692. The van der Waals surface area contributed by atoms with Gasteiger partial charge in [0.2, 0.25) is 0 Å². The number of hydrogen-bond acceptors (Lipinski definition) is 1. The van der Waals surface area contributed by atoms with Crippen molar-refractivity contribution in [3.05, 3.63) is 24.4 Å². The third-order valence-electron chi connectivity index (χ3n) is 2.86. The van der Waals surface area contributed by atoms with E-state index in [4.69, 9.17) is 0 Å². The van der Waals surface area contributed by atoms with Crippen molar-refractivity contribution < 1.29 is 0 Å². The van der Waals surface area contributed by atoms with E-state index in [0.29, 0.717) is 0 Å². The van der Waals surface area contributed by atoms with Crippen LogP contribution in [0.2, 0.25) is 0 Å². The summed E-state index contributed by atoms with van der Waals surface area (Å²) >= 11 is 0. The molecule has 0 N–H and O–H groups in total. The van der Waals surface area contributed by atoms with Gasteiger partial charge in [0.15, 0.2) is 0 Å². The first-order chi connectivity index (χ1) is 6.36. The molecule has 0 rings (SSSR count). The van der Waals surface area contributed by atoms with Crippen LogP contribution >= 0.6 is 0 Å². The van der Waals surface area contributed by atoms with Crippen molar-refractivity contribution in [2.75, 3.05) is 6.54 Å². The second-order valence-corrected chi connectivity index (χ2v) is 4.54. The van der Waals surface area contributed by atoms with Crippen molar-refractivity contribution in [1.82, 2.24) is 4.90 Å². The minimum atomic E-state index is 0.187. The zero-order valence-corrected chi connectivity index (χ0v) is 10.5. The summed E-state index contributed by atoms with van der Waals surface area (Å²) in [6.07, 6.45) is 2.27. The Morgan fingerprint density at radius 3 is 2.00 bits per heavy atom. The third kappa shape index (κ3) is 3.21. The SMILES string of the molecule is C=C(C)C(=C)N(CCC)C(C)(C)CC. The van der Waals surface area contributed by atoms with Crippen molar-refractivity contribution in [3.8, 4) is 0 Å². The highest BCUT2D eigenvalue weighted by Crippen LogP contribution is 2.25. The van der Waals surface area contributed by atoms with Crippen LogP contribution in [0.3, 0.4) is 0 Å². The highest BCUT2D eigenvalue weighted by Gasteiger charge is 2.24. The largest absolute Gasteiger partial charge is 0.367 e. The Balaban J connectivity index is 4.76. The van der Waals surface area contributed by atoms with Crippen molar-refractivity contribution in [1.29, 1.82) is 0 Å². The smallest absolute Gasteiger partial charge is 0.0343 e. The van der Waals surface area contributed by atoms with Gasteiger partial charge in [0.25, 0.3) is 0 Å². The van der Waals surface area contributed by atoms with E-state index >= 15 is 0 Å². The first kappa shape index (κ1) is 13.3. The van der Waals surface area contributed by atoms with Crippen LogP contribution in [0.4, 0.5) is 0 Å². The van der Waals surface area contributed by atoms with Gasteiger partial charge in [-0.15, -0.1) is 0 Å². The van der Waals surface area contributed by atoms with E-state index in [1.165, 1.54) is 0 Å². The van der Waals surface area contributed by atoms with Crippen molar-refractivity contribution in [2.24, 2.45) is 0 Å². The van der Waals surface area contributed by atoms with Crippen LogP contribution in [0, 0.1) is 0 Å². The molecule has 0 unspecified atom stereocenters. The van der Waals surface area contributed by atoms with Gasteiger partial charge < -0.3 is 4.90 Å². The number of nitrogens with zero attached hydrogens (tertiary/aromatic N) is 1. The summed E-state index contributed by atoms with van der Waals surface area (Å²) in [7, 11) is 0. The molecule has 0 aliphatic heterocycles. The Hall–Kier alpha value is -0.720. The van der Waals surface area contributed by atoms with Crippen molar-refractivity contribution in [3.63, 3.8) is 0 Å². The number of rotatable bonds is 6.